The Bertz CT molecular complexity index is 192. The highest BCUT2D eigenvalue weighted by molar-refractivity contribution is 7.20. The zero-order valence-electron chi connectivity index (χ0n) is 15.8. The van der Waals surface area contributed by atoms with Crippen LogP contribution in [0.3, 0.4) is 0 Å². The van der Waals surface area contributed by atoms with Gasteiger partial charge in [-0.2, -0.15) is 0 Å². The smallest absolute Gasteiger partial charge is 0.0347 e. The van der Waals surface area contributed by atoms with Crippen molar-refractivity contribution < 1.29 is 0 Å². The third-order valence-electron chi connectivity index (χ3n) is 3.13. The summed E-state index contributed by atoms with van der Waals surface area (Å²) in [6.07, 6.45) is 21.8. The van der Waals surface area contributed by atoms with Crippen LogP contribution in [-0.2, 0) is 0 Å². The molecule has 0 aromatic heterocycles. The Hall–Kier alpha value is -0.350. The first kappa shape index (κ1) is 26.5. The van der Waals surface area contributed by atoms with Crippen molar-refractivity contribution in [2.75, 3.05) is 0 Å². The van der Waals surface area contributed by atoms with E-state index in [2.05, 4.69) is 49.2 Å². The van der Waals surface area contributed by atoms with Gasteiger partial charge in [-0.05, 0) is 38.5 Å². The van der Waals surface area contributed by atoms with Crippen LogP contribution in [0.25, 0.3) is 0 Å². The van der Waals surface area contributed by atoms with E-state index < -0.39 is 0 Å². The van der Waals surface area contributed by atoms with Crippen LogP contribution in [0.15, 0.2) is 37.2 Å². The molecule has 0 aliphatic heterocycles. The maximum Gasteiger partial charge on any atom is -0.0347 e. The Morgan fingerprint density at radius 2 is 1.00 bits per heavy atom. The van der Waals surface area contributed by atoms with Crippen molar-refractivity contribution in [2.45, 2.75) is 97.8 Å². The Kier molecular flexibility index (Phi) is 39.3. The normalized spacial score (nSPS) is 9.45. The van der Waals surface area contributed by atoms with Gasteiger partial charge in [0.1, 0.15) is 0 Å². The standard InChI is InChI=1S/C7H15P.2C7H14/c1-2-3-4-5-6-7-8;2*1-3-5-7-6-4-2/h6-7H,2-5,8H2,1H3;2*3H,1,4-7H2,2H3. The third-order valence-corrected chi connectivity index (χ3v) is 3.41. The summed E-state index contributed by atoms with van der Waals surface area (Å²) in [6, 6.07) is 0. The van der Waals surface area contributed by atoms with E-state index >= 15 is 0 Å². The van der Waals surface area contributed by atoms with E-state index in [1.165, 1.54) is 77.0 Å². The highest BCUT2D eigenvalue weighted by Crippen LogP contribution is 2.00. The Morgan fingerprint density at radius 1 is 0.636 bits per heavy atom. The lowest BCUT2D eigenvalue weighted by Gasteiger charge is -1.88. The van der Waals surface area contributed by atoms with Gasteiger partial charge in [0.05, 0.1) is 0 Å². The zero-order chi connectivity index (χ0) is 17.3. The number of hydrogen-bond acceptors (Lipinski definition) is 0. The van der Waals surface area contributed by atoms with Crippen molar-refractivity contribution in [3.63, 3.8) is 0 Å². The summed E-state index contributed by atoms with van der Waals surface area (Å²) in [5.74, 6) is 2.04. The van der Waals surface area contributed by atoms with Crippen molar-refractivity contribution in [3.8, 4) is 0 Å². The largest absolute Gasteiger partial charge is 0.114 e. The average Bonchev–Trinajstić information content (AvgIpc) is 2.54. The van der Waals surface area contributed by atoms with Gasteiger partial charge in [0, 0.05) is 0 Å². The van der Waals surface area contributed by atoms with Gasteiger partial charge < -0.3 is 0 Å². The van der Waals surface area contributed by atoms with Crippen LogP contribution in [0, 0.1) is 0 Å². The molecule has 0 N–H and O–H groups in total. The molecule has 132 valence electrons. The first-order chi connectivity index (χ1) is 10.7. The molecule has 0 spiro atoms. The first-order valence-corrected chi connectivity index (χ1v) is 10.00. The van der Waals surface area contributed by atoms with Gasteiger partial charge in [-0.15, -0.1) is 22.4 Å². The molecule has 0 saturated carbocycles. The summed E-state index contributed by atoms with van der Waals surface area (Å²) in [5.41, 5.74) is 0. The maximum atomic E-state index is 3.63. The molecule has 0 bridgehead atoms. The average molecular weight is 327 g/mol. The molecule has 1 heteroatoms. The molecular formula is C21H43P. The summed E-state index contributed by atoms with van der Waals surface area (Å²) in [5, 5.41) is 0. The first-order valence-electron chi connectivity index (χ1n) is 9.33. The van der Waals surface area contributed by atoms with Crippen LogP contribution < -0.4 is 0 Å². The van der Waals surface area contributed by atoms with Crippen LogP contribution >= 0.6 is 9.24 Å². The zero-order valence-corrected chi connectivity index (χ0v) is 16.9. The number of hydrogen-bond donors (Lipinski definition) is 0. The van der Waals surface area contributed by atoms with E-state index in [9.17, 15) is 0 Å². The lowest BCUT2D eigenvalue weighted by atomic mass is 10.2. The SMILES string of the molecule is C=CCCCCC.C=CCCCCC.CCCCCC=CP. The van der Waals surface area contributed by atoms with Crippen LogP contribution in [-0.4, -0.2) is 0 Å². The van der Waals surface area contributed by atoms with Gasteiger partial charge in [-0.25, -0.2) is 0 Å². The second-order valence-electron chi connectivity index (χ2n) is 5.49. The fourth-order valence-corrected chi connectivity index (χ4v) is 1.88. The minimum Gasteiger partial charge on any atom is -0.114 e. The topological polar surface area (TPSA) is 0 Å². The van der Waals surface area contributed by atoms with E-state index in [0.29, 0.717) is 0 Å². The molecule has 0 amide bonds. The molecule has 0 radical (unpaired) electrons. The lowest BCUT2D eigenvalue weighted by molar-refractivity contribution is 0.729. The quantitative estimate of drug-likeness (QED) is 0.192. The monoisotopic (exact) mass is 326 g/mol. The molecule has 0 saturated heterocycles. The predicted octanol–water partition coefficient (Wildman–Crippen LogP) is 8.46. The molecule has 0 fully saturated rings. The lowest BCUT2D eigenvalue weighted by Crippen LogP contribution is -1.68. The van der Waals surface area contributed by atoms with E-state index in [0.717, 1.165) is 0 Å². The molecular weight excluding hydrogens is 283 g/mol. The highest BCUT2D eigenvalue weighted by atomic mass is 31.0. The van der Waals surface area contributed by atoms with Crippen molar-refractivity contribution in [2.24, 2.45) is 0 Å². The molecule has 0 aromatic carbocycles. The van der Waals surface area contributed by atoms with Crippen molar-refractivity contribution in [1.29, 1.82) is 0 Å². The van der Waals surface area contributed by atoms with Gasteiger partial charge in [-0.3, -0.25) is 0 Å². The van der Waals surface area contributed by atoms with Crippen LogP contribution in [0.5, 0.6) is 0 Å². The van der Waals surface area contributed by atoms with E-state index in [4.69, 9.17) is 0 Å². The van der Waals surface area contributed by atoms with Gasteiger partial charge >= 0.3 is 0 Å². The number of rotatable bonds is 12. The highest BCUT2D eigenvalue weighted by Gasteiger charge is 1.79. The predicted molar refractivity (Wildman–Crippen MR) is 112 cm³/mol. The van der Waals surface area contributed by atoms with Crippen molar-refractivity contribution in [1.82, 2.24) is 0 Å². The van der Waals surface area contributed by atoms with E-state index in [1.807, 2.05) is 18.0 Å². The minimum absolute atomic E-state index is 1.19. The van der Waals surface area contributed by atoms with Gasteiger partial charge in [0.25, 0.3) is 0 Å². The van der Waals surface area contributed by atoms with Crippen molar-refractivity contribution >= 4 is 9.24 Å². The summed E-state index contributed by atoms with van der Waals surface area (Å²) in [4.78, 5) is 0. The molecule has 1 atom stereocenters. The molecule has 22 heavy (non-hydrogen) atoms. The van der Waals surface area contributed by atoms with Crippen LogP contribution in [0.4, 0.5) is 0 Å². The number of unbranched alkanes of at least 4 members (excludes halogenated alkanes) is 9. The molecule has 0 rings (SSSR count). The Morgan fingerprint density at radius 3 is 1.27 bits per heavy atom. The minimum atomic E-state index is 1.19. The summed E-state index contributed by atoms with van der Waals surface area (Å²) >= 11 is 0. The second-order valence-corrected chi connectivity index (χ2v) is 5.88. The molecule has 1 unspecified atom stereocenters. The van der Waals surface area contributed by atoms with Crippen LogP contribution in [0.1, 0.15) is 97.8 Å². The molecule has 0 heterocycles. The molecule has 0 aliphatic carbocycles. The Labute approximate surface area is 144 Å². The molecule has 0 nitrogen and oxygen atoms in total. The van der Waals surface area contributed by atoms with Gasteiger partial charge in [-0.1, -0.05) is 83.3 Å². The van der Waals surface area contributed by atoms with E-state index in [-0.39, 0.29) is 0 Å². The van der Waals surface area contributed by atoms with E-state index in [1.54, 1.807) is 0 Å². The Balaban J connectivity index is -0.000000247. The fraction of sp³-hybridized carbons (Fsp3) is 0.714. The second kappa shape index (κ2) is 32.6. The molecule has 0 aromatic rings. The number of allylic oxidation sites excluding steroid dienone is 3. The summed E-state index contributed by atoms with van der Waals surface area (Å²) in [6.45, 7) is 13.9. The fourth-order valence-electron chi connectivity index (χ4n) is 1.69. The third kappa shape index (κ3) is 42.7. The molecule has 0 aliphatic rings. The van der Waals surface area contributed by atoms with Gasteiger partial charge in [0.15, 0.2) is 0 Å². The maximum absolute atomic E-state index is 3.63. The van der Waals surface area contributed by atoms with Gasteiger partial charge in [0.2, 0.25) is 0 Å². The summed E-state index contributed by atoms with van der Waals surface area (Å²) in [7, 11) is 2.58. The summed E-state index contributed by atoms with van der Waals surface area (Å²) < 4.78 is 0. The van der Waals surface area contributed by atoms with Crippen molar-refractivity contribution in [3.05, 3.63) is 37.2 Å². The van der Waals surface area contributed by atoms with Crippen LogP contribution in [0.2, 0.25) is 0 Å².